The topological polar surface area (TPSA) is 54.0 Å². The van der Waals surface area contributed by atoms with Gasteiger partial charge in [0.15, 0.2) is 0 Å². The van der Waals surface area contributed by atoms with Crippen molar-refractivity contribution in [2.75, 3.05) is 53.0 Å². The number of nitrogens with one attached hydrogen (secondary N) is 1. The number of hydrogen-bond donors (Lipinski definition) is 1. The van der Waals surface area contributed by atoms with Gasteiger partial charge in [0, 0.05) is 39.3 Å². The third-order valence-electron chi connectivity index (χ3n) is 3.58. The van der Waals surface area contributed by atoms with Crippen molar-refractivity contribution in [2.45, 2.75) is 45.8 Å². The molecule has 0 saturated carbocycles. The van der Waals surface area contributed by atoms with Gasteiger partial charge in [-0.1, -0.05) is 0 Å². The fourth-order valence-electron chi connectivity index (χ4n) is 2.44. The van der Waals surface area contributed by atoms with E-state index in [9.17, 15) is 4.79 Å². The lowest BCUT2D eigenvalue weighted by Crippen LogP contribution is -2.50. The molecule has 1 aliphatic heterocycles. The standard InChI is InChI=1S/C16H33N3O3/c1-14(13-21-5)17-7-6-8-18-9-11-19(12-10-18)15(20)22-16(2,3)4/h14,17H,6-13H2,1-5H3. The monoisotopic (exact) mass is 315 g/mol. The van der Waals surface area contributed by atoms with Crippen LogP contribution >= 0.6 is 0 Å². The van der Waals surface area contributed by atoms with Gasteiger partial charge in [0.1, 0.15) is 5.60 Å². The minimum Gasteiger partial charge on any atom is -0.444 e. The summed E-state index contributed by atoms with van der Waals surface area (Å²) in [6.45, 7) is 14.0. The number of amides is 1. The van der Waals surface area contributed by atoms with Gasteiger partial charge in [0.05, 0.1) is 6.61 Å². The molecule has 0 aromatic carbocycles. The van der Waals surface area contributed by atoms with Crippen molar-refractivity contribution in [3.63, 3.8) is 0 Å². The molecule has 1 saturated heterocycles. The van der Waals surface area contributed by atoms with Crippen LogP contribution in [0, 0.1) is 0 Å². The zero-order chi connectivity index (χ0) is 16.6. The SMILES string of the molecule is COCC(C)NCCCN1CCN(C(=O)OC(C)(C)C)CC1. The van der Waals surface area contributed by atoms with Crippen LogP contribution in [0.3, 0.4) is 0 Å². The quantitative estimate of drug-likeness (QED) is 0.723. The summed E-state index contributed by atoms with van der Waals surface area (Å²) in [5.74, 6) is 0. The molecule has 0 radical (unpaired) electrons. The molecule has 0 aromatic rings. The van der Waals surface area contributed by atoms with E-state index >= 15 is 0 Å². The Kier molecular flexibility index (Phi) is 8.14. The van der Waals surface area contributed by atoms with Gasteiger partial charge in [-0.2, -0.15) is 0 Å². The van der Waals surface area contributed by atoms with E-state index in [-0.39, 0.29) is 6.09 Å². The van der Waals surface area contributed by atoms with Crippen LogP contribution in [0.2, 0.25) is 0 Å². The summed E-state index contributed by atoms with van der Waals surface area (Å²) in [6.07, 6.45) is 0.919. The van der Waals surface area contributed by atoms with Crippen molar-refractivity contribution in [3.05, 3.63) is 0 Å². The molecular formula is C16H33N3O3. The normalized spacial score (nSPS) is 18.3. The van der Waals surface area contributed by atoms with E-state index in [0.717, 1.165) is 52.3 Å². The smallest absolute Gasteiger partial charge is 0.410 e. The van der Waals surface area contributed by atoms with Crippen molar-refractivity contribution < 1.29 is 14.3 Å². The van der Waals surface area contributed by atoms with Crippen LogP contribution in [0.5, 0.6) is 0 Å². The second kappa shape index (κ2) is 9.33. The second-order valence-electron chi connectivity index (χ2n) is 6.97. The molecule has 1 N–H and O–H groups in total. The maximum absolute atomic E-state index is 12.0. The maximum atomic E-state index is 12.0. The van der Waals surface area contributed by atoms with Gasteiger partial charge >= 0.3 is 6.09 Å². The third kappa shape index (κ3) is 7.96. The first-order valence-corrected chi connectivity index (χ1v) is 8.24. The minimum atomic E-state index is -0.418. The molecule has 22 heavy (non-hydrogen) atoms. The van der Waals surface area contributed by atoms with Crippen LogP contribution in [0.4, 0.5) is 4.79 Å². The lowest BCUT2D eigenvalue weighted by atomic mass is 10.2. The molecule has 1 heterocycles. The number of rotatable bonds is 7. The van der Waals surface area contributed by atoms with Gasteiger partial charge in [-0.3, -0.25) is 4.90 Å². The molecule has 1 rings (SSSR count). The van der Waals surface area contributed by atoms with Gasteiger partial charge in [0.2, 0.25) is 0 Å². The number of carbonyl (C=O) groups is 1. The molecule has 0 aromatic heterocycles. The van der Waals surface area contributed by atoms with Crippen molar-refractivity contribution in [2.24, 2.45) is 0 Å². The predicted molar refractivity (Wildman–Crippen MR) is 88.2 cm³/mol. The molecule has 0 aliphatic carbocycles. The first-order chi connectivity index (χ1) is 10.3. The summed E-state index contributed by atoms with van der Waals surface area (Å²) in [7, 11) is 1.72. The first-order valence-electron chi connectivity index (χ1n) is 8.24. The molecule has 130 valence electrons. The molecule has 1 atom stereocenters. The van der Waals surface area contributed by atoms with Gasteiger partial charge in [0.25, 0.3) is 0 Å². The summed E-state index contributed by atoms with van der Waals surface area (Å²) in [6, 6.07) is 0.397. The summed E-state index contributed by atoms with van der Waals surface area (Å²) >= 11 is 0. The van der Waals surface area contributed by atoms with Gasteiger partial charge in [-0.25, -0.2) is 4.79 Å². The Labute approximate surface area is 135 Å². The molecule has 1 fully saturated rings. The van der Waals surface area contributed by atoms with E-state index in [4.69, 9.17) is 9.47 Å². The number of nitrogens with zero attached hydrogens (tertiary/aromatic N) is 2. The van der Waals surface area contributed by atoms with E-state index in [1.54, 1.807) is 12.0 Å². The largest absolute Gasteiger partial charge is 0.444 e. The lowest BCUT2D eigenvalue weighted by Gasteiger charge is -2.35. The van der Waals surface area contributed by atoms with E-state index in [0.29, 0.717) is 6.04 Å². The summed E-state index contributed by atoms with van der Waals surface area (Å²) in [5.41, 5.74) is -0.418. The Balaban J connectivity index is 2.14. The predicted octanol–water partition coefficient (Wildman–Crippen LogP) is 1.55. The minimum absolute atomic E-state index is 0.192. The van der Waals surface area contributed by atoms with Gasteiger partial charge in [-0.15, -0.1) is 0 Å². The second-order valence-corrected chi connectivity index (χ2v) is 6.97. The van der Waals surface area contributed by atoms with Crippen molar-refractivity contribution in [3.8, 4) is 0 Å². The number of hydrogen-bond acceptors (Lipinski definition) is 5. The highest BCUT2D eigenvalue weighted by Crippen LogP contribution is 2.11. The van der Waals surface area contributed by atoms with Crippen LogP contribution in [0.15, 0.2) is 0 Å². The Morgan fingerprint density at radius 3 is 2.41 bits per heavy atom. The van der Waals surface area contributed by atoms with Crippen LogP contribution in [-0.4, -0.2) is 80.5 Å². The average molecular weight is 315 g/mol. The lowest BCUT2D eigenvalue weighted by molar-refractivity contribution is 0.0144. The Bertz CT molecular complexity index is 323. The van der Waals surface area contributed by atoms with E-state index in [2.05, 4.69) is 17.1 Å². The summed E-state index contributed by atoms with van der Waals surface area (Å²) < 4.78 is 10.5. The molecule has 1 aliphatic rings. The molecule has 0 bridgehead atoms. The highest BCUT2D eigenvalue weighted by Gasteiger charge is 2.25. The maximum Gasteiger partial charge on any atom is 0.410 e. The zero-order valence-corrected chi connectivity index (χ0v) is 14.9. The van der Waals surface area contributed by atoms with Crippen LogP contribution in [-0.2, 0) is 9.47 Å². The highest BCUT2D eigenvalue weighted by atomic mass is 16.6. The van der Waals surface area contributed by atoms with E-state index in [1.165, 1.54) is 0 Å². The molecule has 1 unspecified atom stereocenters. The number of piperazine rings is 1. The Morgan fingerprint density at radius 2 is 1.86 bits per heavy atom. The zero-order valence-electron chi connectivity index (χ0n) is 14.9. The van der Waals surface area contributed by atoms with Crippen molar-refractivity contribution in [1.29, 1.82) is 0 Å². The van der Waals surface area contributed by atoms with Crippen molar-refractivity contribution in [1.82, 2.24) is 15.1 Å². The number of methoxy groups -OCH3 is 1. The fourth-order valence-corrected chi connectivity index (χ4v) is 2.44. The Morgan fingerprint density at radius 1 is 1.23 bits per heavy atom. The number of carbonyl (C=O) groups excluding carboxylic acids is 1. The number of ether oxygens (including phenoxy) is 2. The van der Waals surface area contributed by atoms with Crippen molar-refractivity contribution >= 4 is 6.09 Å². The van der Waals surface area contributed by atoms with E-state index in [1.807, 2.05) is 20.8 Å². The highest BCUT2D eigenvalue weighted by molar-refractivity contribution is 5.68. The fraction of sp³-hybridized carbons (Fsp3) is 0.938. The average Bonchev–Trinajstić information content (AvgIpc) is 2.43. The van der Waals surface area contributed by atoms with Crippen LogP contribution in [0.25, 0.3) is 0 Å². The summed E-state index contributed by atoms with van der Waals surface area (Å²) in [5, 5.41) is 3.44. The van der Waals surface area contributed by atoms with Crippen LogP contribution < -0.4 is 5.32 Å². The third-order valence-corrected chi connectivity index (χ3v) is 3.58. The van der Waals surface area contributed by atoms with Gasteiger partial charge in [-0.05, 0) is 47.2 Å². The first kappa shape index (κ1) is 19.2. The summed E-state index contributed by atoms with van der Waals surface area (Å²) in [4.78, 5) is 16.2. The molecule has 1 amide bonds. The van der Waals surface area contributed by atoms with Crippen LogP contribution in [0.1, 0.15) is 34.1 Å². The van der Waals surface area contributed by atoms with Gasteiger partial charge < -0.3 is 19.7 Å². The molecule has 0 spiro atoms. The Hall–Kier alpha value is -0.850. The van der Waals surface area contributed by atoms with E-state index < -0.39 is 5.60 Å². The molecule has 6 nitrogen and oxygen atoms in total. The molecule has 6 heteroatoms. The molecular weight excluding hydrogens is 282 g/mol.